The second-order valence-corrected chi connectivity index (χ2v) is 4.48. The minimum atomic E-state index is -0.563. The van der Waals surface area contributed by atoms with E-state index < -0.39 is 5.97 Å². The van der Waals surface area contributed by atoms with Gasteiger partial charge in [0, 0.05) is 0 Å². The fourth-order valence-electron chi connectivity index (χ4n) is 2.48. The molecule has 14 heavy (non-hydrogen) atoms. The maximum Gasteiger partial charge on any atom is 0.307 e. The maximum absolute atomic E-state index is 10.9. The van der Waals surface area contributed by atoms with Crippen LogP contribution in [-0.4, -0.2) is 11.1 Å². The van der Waals surface area contributed by atoms with Crippen molar-refractivity contribution in [3.05, 3.63) is 0 Å². The third-order valence-electron chi connectivity index (χ3n) is 3.40. The second-order valence-electron chi connectivity index (χ2n) is 4.48. The SMILES string of the molecule is CCCCC1C(CCCC)C1C(=O)O. The van der Waals surface area contributed by atoms with Gasteiger partial charge in [0.05, 0.1) is 5.92 Å². The summed E-state index contributed by atoms with van der Waals surface area (Å²) in [5.74, 6) is 0.429. The fraction of sp³-hybridized carbons (Fsp3) is 0.917. The molecule has 1 fully saturated rings. The van der Waals surface area contributed by atoms with Crippen LogP contribution >= 0.6 is 0 Å². The maximum atomic E-state index is 10.9. The summed E-state index contributed by atoms with van der Waals surface area (Å²) in [4.78, 5) is 10.9. The van der Waals surface area contributed by atoms with Crippen molar-refractivity contribution < 1.29 is 9.90 Å². The molecule has 0 aromatic carbocycles. The molecule has 0 aliphatic heterocycles. The van der Waals surface area contributed by atoms with Gasteiger partial charge in [0.1, 0.15) is 0 Å². The van der Waals surface area contributed by atoms with E-state index in [9.17, 15) is 4.79 Å². The first-order chi connectivity index (χ1) is 6.72. The molecule has 0 radical (unpaired) electrons. The predicted octanol–water partition coefficient (Wildman–Crippen LogP) is 3.31. The third kappa shape index (κ3) is 2.73. The molecule has 0 aromatic heterocycles. The van der Waals surface area contributed by atoms with Crippen LogP contribution in [0.1, 0.15) is 52.4 Å². The van der Waals surface area contributed by atoms with Crippen LogP contribution in [0.2, 0.25) is 0 Å². The molecular formula is C12H22O2. The van der Waals surface area contributed by atoms with Crippen molar-refractivity contribution in [1.82, 2.24) is 0 Å². The molecule has 2 nitrogen and oxygen atoms in total. The lowest BCUT2D eigenvalue weighted by Gasteiger charge is -1.96. The van der Waals surface area contributed by atoms with E-state index in [-0.39, 0.29) is 5.92 Å². The first-order valence-electron chi connectivity index (χ1n) is 5.95. The van der Waals surface area contributed by atoms with Gasteiger partial charge in [-0.2, -0.15) is 0 Å². The largest absolute Gasteiger partial charge is 0.481 e. The smallest absolute Gasteiger partial charge is 0.307 e. The minimum Gasteiger partial charge on any atom is -0.481 e. The summed E-state index contributed by atoms with van der Waals surface area (Å²) >= 11 is 0. The zero-order chi connectivity index (χ0) is 10.6. The molecule has 1 saturated carbocycles. The molecule has 2 atom stereocenters. The van der Waals surface area contributed by atoms with Crippen molar-refractivity contribution in [3.63, 3.8) is 0 Å². The molecular weight excluding hydrogens is 176 g/mol. The van der Waals surface area contributed by atoms with Gasteiger partial charge >= 0.3 is 5.97 Å². The summed E-state index contributed by atoms with van der Waals surface area (Å²) in [6.07, 6.45) is 7.00. The Morgan fingerprint density at radius 1 is 1.07 bits per heavy atom. The molecule has 0 heterocycles. The summed E-state index contributed by atoms with van der Waals surface area (Å²) in [5.41, 5.74) is 0. The highest BCUT2D eigenvalue weighted by Gasteiger charge is 2.53. The molecule has 1 rings (SSSR count). The van der Waals surface area contributed by atoms with E-state index in [4.69, 9.17) is 5.11 Å². The molecule has 0 bridgehead atoms. The van der Waals surface area contributed by atoms with Gasteiger partial charge < -0.3 is 5.11 Å². The van der Waals surface area contributed by atoms with Crippen LogP contribution in [0.15, 0.2) is 0 Å². The predicted molar refractivity (Wildman–Crippen MR) is 57.2 cm³/mol. The van der Waals surface area contributed by atoms with Crippen molar-refractivity contribution >= 4 is 5.97 Å². The molecule has 82 valence electrons. The molecule has 1 aliphatic carbocycles. The molecule has 0 saturated heterocycles. The lowest BCUT2D eigenvalue weighted by atomic mass is 10.1. The summed E-state index contributed by atoms with van der Waals surface area (Å²) in [6.45, 7) is 4.33. The summed E-state index contributed by atoms with van der Waals surface area (Å²) in [6, 6.07) is 0. The van der Waals surface area contributed by atoms with Crippen molar-refractivity contribution in [1.29, 1.82) is 0 Å². The summed E-state index contributed by atoms with van der Waals surface area (Å²) in [7, 11) is 0. The number of hydrogen-bond acceptors (Lipinski definition) is 1. The van der Waals surface area contributed by atoms with E-state index in [2.05, 4.69) is 13.8 Å². The summed E-state index contributed by atoms with van der Waals surface area (Å²) < 4.78 is 0. The standard InChI is InChI=1S/C12H22O2/c1-3-5-7-9-10(8-6-4-2)11(9)12(13)14/h9-11H,3-8H2,1-2H3,(H,13,14). The van der Waals surface area contributed by atoms with Crippen LogP contribution < -0.4 is 0 Å². The number of carboxylic acid groups (broad SMARTS) is 1. The van der Waals surface area contributed by atoms with Gasteiger partial charge in [0.15, 0.2) is 0 Å². The quantitative estimate of drug-likeness (QED) is 0.681. The number of rotatable bonds is 7. The molecule has 1 aliphatic rings. The van der Waals surface area contributed by atoms with E-state index >= 15 is 0 Å². The Kier molecular flexibility index (Phi) is 4.43. The zero-order valence-electron chi connectivity index (χ0n) is 9.33. The van der Waals surface area contributed by atoms with Crippen molar-refractivity contribution in [2.45, 2.75) is 52.4 Å². The van der Waals surface area contributed by atoms with Gasteiger partial charge in [-0.3, -0.25) is 4.79 Å². The number of carboxylic acids is 1. The van der Waals surface area contributed by atoms with Gasteiger partial charge in [-0.1, -0.05) is 39.5 Å². The molecule has 2 heteroatoms. The van der Waals surface area contributed by atoms with Crippen LogP contribution in [0.3, 0.4) is 0 Å². The van der Waals surface area contributed by atoms with E-state index in [1.54, 1.807) is 0 Å². The van der Waals surface area contributed by atoms with Crippen LogP contribution in [-0.2, 0) is 4.79 Å². The number of carbonyl (C=O) groups is 1. The average molecular weight is 198 g/mol. The Labute approximate surface area is 86.7 Å². The Morgan fingerprint density at radius 3 is 1.79 bits per heavy atom. The number of unbranched alkanes of at least 4 members (excludes halogenated alkanes) is 2. The highest BCUT2D eigenvalue weighted by Crippen LogP contribution is 2.52. The van der Waals surface area contributed by atoms with Gasteiger partial charge in [0.2, 0.25) is 0 Å². The van der Waals surface area contributed by atoms with Crippen molar-refractivity contribution in [3.8, 4) is 0 Å². The van der Waals surface area contributed by atoms with Crippen LogP contribution in [0.5, 0.6) is 0 Å². The van der Waals surface area contributed by atoms with Gasteiger partial charge in [0.25, 0.3) is 0 Å². The Morgan fingerprint density at radius 2 is 1.50 bits per heavy atom. The van der Waals surface area contributed by atoms with Gasteiger partial charge in [-0.25, -0.2) is 0 Å². The van der Waals surface area contributed by atoms with Crippen molar-refractivity contribution in [2.75, 3.05) is 0 Å². The topological polar surface area (TPSA) is 37.3 Å². The Balaban J connectivity index is 2.30. The van der Waals surface area contributed by atoms with Crippen molar-refractivity contribution in [2.24, 2.45) is 17.8 Å². The monoisotopic (exact) mass is 198 g/mol. The third-order valence-corrected chi connectivity index (χ3v) is 3.40. The normalized spacial score (nSPS) is 30.3. The van der Waals surface area contributed by atoms with E-state index in [0.717, 1.165) is 12.8 Å². The highest BCUT2D eigenvalue weighted by molar-refractivity contribution is 5.74. The molecule has 1 N–H and O–H groups in total. The first-order valence-corrected chi connectivity index (χ1v) is 5.95. The minimum absolute atomic E-state index is 0.00639. The Hall–Kier alpha value is -0.530. The lowest BCUT2D eigenvalue weighted by molar-refractivity contribution is -0.139. The summed E-state index contributed by atoms with van der Waals surface area (Å²) in [5, 5.41) is 8.99. The molecule has 0 aromatic rings. The van der Waals surface area contributed by atoms with Crippen LogP contribution in [0.4, 0.5) is 0 Å². The number of aliphatic carboxylic acids is 1. The number of hydrogen-bond donors (Lipinski definition) is 1. The lowest BCUT2D eigenvalue weighted by Crippen LogP contribution is -2.00. The Bertz CT molecular complexity index is 175. The highest BCUT2D eigenvalue weighted by atomic mass is 16.4. The van der Waals surface area contributed by atoms with Gasteiger partial charge in [-0.05, 0) is 24.7 Å². The average Bonchev–Trinajstić information content (AvgIpc) is 2.85. The van der Waals surface area contributed by atoms with E-state index in [0.29, 0.717) is 11.8 Å². The van der Waals surface area contributed by atoms with Crippen LogP contribution in [0, 0.1) is 17.8 Å². The first kappa shape index (κ1) is 11.5. The second kappa shape index (κ2) is 5.38. The molecule has 2 unspecified atom stereocenters. The molecule has 0 spiro atoms. The fourth-order valence-corrected chi connectivity index (χ4v) is 2.48. The molecule has 0 amide bonds. The zero-order valence-corrected chi connectivity index (χ0v) is 9.33. The van der Waals surface area contributed by atoms with Crippen LogP contribution in [0.25, 0.3) is 0 Å². The van der Waals surface area contributed by atoms with E-state index in [1.807, 2.05) is 0 Å². The van der Waals surface area contributed by atoms with Gasteiger partial charge in [-0.15, -0.1) is 0 Å². The van der Waals surface area contributed by atoms with E-state index in [1.165, 1.54) is 25.7 Å².